The zero-order valence-corrected chi connectivity index (χ0v) is 11.5. The molecule has 0 spiro atoms. The maximum absolute atomic E-state index is 5.47. The Morgan fingerprint density at radius 3 is 1.94 bits per heavy atom. The zero-order chi connectivity index (χ0) is 12.4. The van der Waals surface area contributed by atoms with Gasteiger partial charge in [-0.3, -0.25) is 0 Å². The summed E-state index contributed by atoms with van der Waals surface area (Å²) >= 11 is 0. The minimum atomic E-state index is 0.722. The van der Waals surface area contributed by atoms with E-state index in [9.17, 15) is 0 Å². The average molecular weight is 222 g/mol. The summed E-state index contributed by atoms with van der Waals surface area (Å²) in [6.07, 6.45) is 8.83. The molecular weight excluding hydrogens is 196 g/mol. The van der Waals surface area contributed by atoms with Gasteiger partial charge in [-0.15, -0.1) is 0 Å². The molecule has 0 unspecified atom stereocenters. The van der Waals surface area contributed by atoms with Gasteiger partial charge < -0.3 is 4.74 Å². The molecule has 0 aromatic carbocycles. The molecule has 0 aliphatic carbocycles. The van der Waals surface area contributed by atoms with Crippen molar-refractivity contribution < 1.29 is 4.74 Å². The van der Waals surface area contributed by atoms with Crippen LogP contribution in [0.15, 0.2) is 34.9 Å². The number of allylic oxidation sites excluding steroid dienone is 4. The highest BCUT2D eigenvalue weighted by molar-refractivity contribution is 5.02. The predicted octanol–water partition coefficient (Wildman–Crippen LogP) is 4.66. The molecule has 0 aromatic rings. The summed E-state index contributed by atoms with van der Waals surface area (Å²) in [5, 5.41) is 0. The van der Waals surface area contributed by atoms with Crippen molar-refractivity contribution in [3.63, 3.8) is 0 Å². The second-order valence-corrected chi connectivity index (χ2v) is 4.69. The Morgan fingerprint density at radius 1 is 0.812 bits per heavy atom. The third-order valence-corrected chi connectivity index (χ3v) is 2.25. The molecule has 1 heteroatoms. The smallest absolute Gasteiger partial charge is 0.0654 e. The minimum Gasteiger partial charge on any atom is -0.373 e. The fourth-order valence-electron chi connectivity index (χ4n) is 1.19. The normalized spacial score (nSPS) is 11.2. The fraction of sp³-hybridized carbons (Fsp3) is 0.600. The number of rotatable bonds is 7. The second kappa shape index (κ2) is 9.41. The van der Waals surface area contributed by atoms with Crippen molar-refractivity contribution in [3.8, 4) is 0 Å². The van der Waals surface area contributed by atoms with Crippen LogP contribution in [-0.2, 0) is 4.74 Å². The lowest BCUT2D eigenvalue weighted by molar-refractivity contribution is 0.193. The van der Waals surface area contributed by atoms with Gasteiger partial charge in [0.25, 0.3) is 0 Å². The molecule has 0 aromatic heterocycles. The number of hydrogen-bond donors (Lipinski definition) is 0. The van der Waals surface area contributed by atoms with Crippen LogP contribution in [-0.4, -0.2) is 13.2 Å². The van der Waals surface area contributed by atoms with Crippen LogP contribution in [0.3, 0.4) is 0 Å². The van der Waals surface area contributed by atoms with Gasteiger partial charge in [-0.05, 0) is 47.5 Å². The molecule has 0 heterocycles. The van der Waals surface area contributed by atoms with Crippen LogP contribution in [0.1, 0.15) is 47.5 Å². The van der Waals surface area contributed by atoms with Crippen LogP contribution >= 0.6 is 0 Å². The quantitative estimate of drug-likeness (QED) is 0.449. The highest BCUT2D eigenvalue weighted by Gasteiger charge is 1.89. The van der Waals surface area contributed by atoms with Crippen LogP contribution in [0.5, 0.6) is 0 Å². The van der Waals surface area contributed by atoms with Gasteiger partial charge in [-0.25, -0.2) is 0 Å². The van der Waals surface area contributed by atoms with E-state index in [1.807, 2.05) is 0 Å². The summed E-state index contributed by atoms with van der Waals surface area (Å²) < 4.78 is 5.47. The highest BCUT2D eigenvalue weighted by Crippen LogP contribution is 2.06. The number of hydrogen-bond acceptors (Lipinski definition) is 1. The van der Waals surface area contributed by atoms with Crippen molar-refractivity contribution >= 4 is 0 Å². The predicted molar refractivity (Wildman–Crippen MR) is 72.7 cm³/mol. The van der Waals surface area contributed by atoms with Crippen molar-refractivity contribution in [3.05, 3.63) is 34.9 Å². The lowest BCUT2D eigenvalue weighted by Gasteiger charge is -2.00. The van der Waals surface area contributed by atoms with Crippen LogP contribution in [0, 0.1) is 0 Å². The third-order valence-electron chi connectivity index (χ3n) is 2.25. The molecule has 0 radical (unpaired) electrons. The molecule has 0 amide bonds. The maximum Gasteiger partial charge on any atom is 0.0654 e. The van der Waals surface area contributed by atoms with E-state index in [-0.39, 0.29) is 0 Å². The molecule has 0 saturated heterocycles. The van der Waals surface area contributed by atoms with E-state index in [0.29, 0.717) is 0 Å². The molecule has 0 fully saturated rings. The summed E-state index contributed by atoms with van der Waals surface area (Å²) in [4.78, 5) is 0. The van der Waals surface area contributed by atoms with Crippen molar-refractivity contribution in [2.45, 2.75) is 47.5 Å². The molecule has 16 heavy (non-hydrogen) atoms. The van der Waals surface area contributed by atoms with E-state index in [1.54, 1.807) is 0 Å². The van der Waals surface area contributed by atoms with Crippen LogP contribution in [0.2, 0.25) is 0 Å². The van der Waals surface area contributed by atoms with Gasteiger partial charge >= 0.3 is 0 Å². The Balaban J connectivity index is 3.63. The van der Waals surface area contributed by atoms with Gasteiger partial charge in [-0.2, -0.15) is 0 Å². The summed E-state index contributed by atoms with van der Waals surface area (Å²) in [5.74, 6) is 0. The summed E-state index contributed by atoms with van der Waals surface area (Å²) in [6.45, 7) is 12.1. The van der Waals surface area contributed by atoms with Crippen molar-refractivity contribution in [2.75, 3.05) is 13.2 Å². The van der Waals surface area contributed by atoms with E-state index in [0.717, 1.165) is 26.1 Å². The van der Waals surface area contributed by atoms with Gasteiger partial charge in [0.05, 0.1) is 13.2 Å². The van der Waals surface area contributed by atoms with Crippen LogP contribution in [0.25, 0.3) is 0 Å². The summed E-state index contributed by atoms with van der Waals surface area (Å²) in [6, 6.07) is 0. The molecule has 0 aliphatic rings. The Bertz CT molecular complexity index is 261. The topological polar surface area (TPSA) is 9.23 Å². The Hall–Kier alpha value is -0.820. The van der Waals surface area contributed by atoms with Crippen molar-refractivity contribution in [1.29, 1.82) is 0 Å². The first kappa shape index (κ1) is 15.2. The Labute approximate surface area is 101 Å². The van der Waals surface area contributed by atoms with Gasteiger partial charge in [-0.1, -0.05) is 34.9 Å². The number of ether oxygens (including phenoxy) is 1. The lowest BCUT2D eigenvalue weighted by Crippen LogP contribution is -1.92. The van der Waals surface area contributed by atoms with E-state index in [2.05, 4.69) is 52.8 Å². The van der Waals surface area contributed by atoms with Crippen LogP contribution < -0.4 is 0 Å². The van der Waals surface area contributed by atoms with Gasteiger partial charge in [0.2, 0.25) is 0 Å². The lowest BCUT2D eigenvalue weighted by atomic mass is 10.1. The Morgan fingerprint density at radius 2 is 1.38 bits per heavy atom. The SMILES string of the molecule is CC(C)=CCC/C(C)=C/COCC=C(C)C. The minimum absolute atomic E-state index is 0.722. The highest BCUT2D eigenvalue weighted by atomic mass is 16.5. The Kier molecular flexibility index (Phi) is 8.93. The molecule has 92 valence electrons. The van der Waals surface area contributed by atoms with E-state index in [1.165, 1.54) is 16.7 Å². The molecule has 1 nitrogen and oxygen atoms in total. The standard InChI is InChI=1S/C15H26O/c1-13(2)7-6-8-15(5)10-12-16-11-9-14(3)4/h7,9-10H,6,8,11-12H2,1-5H3/b15-10+. The maximum atomic E-state index is 5.47. The molecular formula is C15H26O. The van der Waals surface area contributed by atoms with Gasteiger partial charge in [0.1, 0.15) is 0 Å². The second-order valence-electron chi connectivity index (χ2n) is 4.69. The third kappa shape index (κ3) is 11.3. The first-order chi connectivity index (χ1) is 7.52. The van der Waals surface area contributed by atoms with E-state index in [4.69, 9.17) is 4.74 Å². The molecule has 0 aliphatic heterocycles. The first-order valence-corrected chi connectivity index (χ1v) is 6.02. The summed E-state index contributed by atoms with van der Waals surface area (Å²) in [7, 11) is 0. The van der Waals surface area contributed by atoms with Crippen LogP contribution in [0.4, 0.5) is 0 Å². The van der Waals surface area contributed by atoms with Crippen molar-refractivity contribution in [2.24, 2.45) is 0 Å². The van der Waals surface area contributed by atoms with Crippen molar-refractivity contribution in [1.82, 2.24) is 0 Å². The van der Waals surface area contributed by atoms with Gasteiger partial charge in [0.15, 0.2) is 0 Å². The molecule has 0 atom stereocenters. The average Bonchev–Trinajstić information content (AvgIpc) is 2.16. The van der Waals surface area contributed by atoms with Gasteiger partial charge in [0, 0.05) is 0 Å². The summed E-state index contributed by atoms with van der Waals surface area (Å²) in [5.41, 5.74) is 4.12. The molecule has 0 bridgehead atoms. The largest absolute Gasteiger partial charge is 0.373 e. The molecule has 0 saturated carbocycles. The zero-order valence-electron chi connectivity index (χ0n) is 11.5. The monoisotopic (exact) mass is 222 g/mol. The van der Waals surface area contributed by atoms with E-state index < -0.39 is 0 Å². The molecule has 0 N–H and O–H groups in total. The fourth-order valence-corrected chi connectivity index (χ4v) is 1.19. The first-order valence-electron chi connectivity index (χ1n) is 6.02. The molecule has 0 rings (SSSR count). The van der Waals surface area contributed by atoms with E-state index >= 15 is 0 Å².